The zero-order chi connectivity index (χ0) is 33.5. The number of amides is 2. The Morgan fingerprint density at radius 3 is 2.15 bits per heavy atom. The Labute approximate surface area is 266 Å². The Kier molecular flexibility index (Phi) is 10.7. The van der Waals surface area contributed by atoms with Gasteiger partial charge in [-0.3, -0.25) is 13.9 Å². The number of likely N-dealkylation sites (N-methyl/N-ethyl adjacent to an activating group) is 1. The minimum absolute atomic E-state index is 0.0878. The molecule has 242 valence electrons. The first-order valence-corrected chi connectivity index (χ1v) is 15.7. The van der Waals surface area contributed by atoms with E-state index in [1.807, 2.05) is 0 Å². The molecule has 12 heteroatoms. The van der Waals surface area contributed by atoms with Gasteiger partial charge in [-0.15, -0.1) is 0 Å². The van der Waals surface area contributed by atoms with Crippen LogP contribution >= 0.6 is 0 Å². The average Bonchev–Trinajstić information content (AvgIpc) is 3.05. The number of sulfonamides is 1. The Morgan fingerprint density at radius 1 is 0.870 bits per heavy atom. The lowest BCUT2D eigenvalue weighted by atomic mass is 10.0. The molecule has 0 aliphatic heterocycles. The summed E-state index contributed by atoms with van der Waals surface area (Å²) in [4.78, 5) is 28.7. The molecule has 4 rings (SSSR count). The van der Waals surface area contributed by atoms with Crippen molar-refractivity contribution < 1.29 is 35.9 Å². The van der Waals surface area contributed by atoms with E-state index in [-0.39, 0.29) is 23.5 Å². The number of nitrogens with one attached hydrogen (secondary N) is 1. The molecular formula is C34H34F3N3O5S. The molecule has 4 aromatic rings. The largest absolute Gasteiger partial charge is 0.497 e. The van der Waals surface area contributed by atoms with Gasteiger partial charge in [-0.05, 0) is 60.5 Å². The van der Waals surface area contributed by atoms with Gasteiger partial charge in [-0.2, -0.15) is 13.2 Å². The van der Waals surface area contributed by atoms with Gasteiger partial charge >= 0.3 is 6.18 Å². The molecule has 8 nitrogen and oxygen atoms in total. The van der Waals surface area contributed by atoms with Crippen LogP contribution in [0.15, 0.2) is 108 Å². The van der Waals surface area contributed by atoms with Crippen LogP contribution in [0.25, 0.3) is 0 Å². The standard InChI is InChI=1S/C34H34F3N3O5S/c1-24-15-17-30(18-16-24)46(43,44)40(28-13-8-12-27(21-28)34(35,36)37)23-32(41)39(22-26-11-7-14-29(19-26)45-3)31(33(42)38-2)20-25-9-5-4-6-10-25/h4-19,21,31H,20,22-23H2,1-3H3,(H,38,42). The molecule has 0 saturated carbocycles. The lowest BCUT2D eigenvalue weighted by Gasteiger charge is -2.33. The normalized spacial score (nSPS) is 12.2. The van der Waals surface area contributed by atoms with Crippen LogP contribution < -0.4 is 14.4 Å². The molecule has 0 heterocycles. The molecule has 1 unspecified atom stereocenters. The monoisotopic (exact) mass is 653 g/mol. The van der Waals surface area contributed by atoms with Gasteiger partial charge in [0.25, 0.3) is 10.0 Å². The van der Waals surface area contributed by atoms with Crippen molar-refractivity contribution in [2.24, 2.45) is 0 Å². The zero-order valence-electron chi connectivity index (χ0n) is 25.5. The van der Waals surface area contributed by atoms with Crippen LogP contribution in [0.5, 0.6) is 5.75 Å². The Bertz CT molecular complexity index is 1770. The molecule has 1 N–H and O–H groups in total. The maximum absolute atomic E-state index is 14.3. The average molecular weight is 654 g/mol. The van der Waals surface area contributed by atoms with Crippen molar-refractivity contribution in [3.05, 3.63) is 125 Å². The van der Waals surface area contributed by atoms with Crippen molar-refractivity contribution in [1.82, 2.24) is 10.2 Å². The maximum Gasteiger partial charge on any atom is 0.416 e. The summed E-state index contributed by atoms with van der Waals surface area (Å²) in [6.07, 6.45) is -4.68. The number of nitrogens with zero attached hydrogens (tertiary/aromatic N) is 2. The number of alkyl halides is 3. The second-order valence-electron chi connectivity index (χ2n) is 10.6. The van der Waals surface area contributed by atoms with Gasteiger partial charge in [0.2, 0.25) is 11.8 Å². The molecule has 0 aliphatic rings. The molecular weight excluding hydrogens is 619 g/mol. The lowest BCUT2D eigenvalue weighted by Crippen LogP contribution is -2.53. The van der Waals surface area contributed by atoms with E-state index in [9.17, 15) is 31.2 Å². The molecule has 4 aromatic carbocycles. The van der Waals surface area contributed by atoms with E-state index in [0.717, 1.165) is 23.3 Å². The quantitative estimate of drug-likeness (QED) is 0.215. The number of aryl methyl sites for hydroxylation is 1. The summed E-state index contributed by atoms with van der Waals surface area (Å²) in [5, 5.41) is 2.59. The van der Waals surface area contributed by atoms with Crippen LogP contribution in [0.3, 0.4) is 0 Å². The van der Waals surface area contributed by atoms with Gasteiger partial charge in [-0.25, -0.2) is 8.42 Å². The molecule has 0 saturated heterocycles. The van der Waals surface area contributed by atoms with E-state index in [2.05, 4.69) is 5.32 Å². The first kappa shape index (κ1) is 34.0. The first-order valence-electron chi connectivity index (χ1n) is 14.3. The predicted octanol–water partition coefficient (Wildman–Crippen LogP) is 5.60. The molecule has 0 aromatic heterocycles. The van der Waals surface area contributed by atoms with Gasteiger partial charge in [-0.1, -0.05) is 66.2 Å². The van der Waals surface area contributed by atoms with E-state index < -0.39 is 46.2 Å². The topological polar surface area (TPSA) is 96.0 Å². The number of ether oxygens (including phenoxy) is 1. The summed E-state index contributed by atoms with van der Waals surface area (Å²) in [5.74, 6) is -0.815. The fourth-order valence-electron chi connectivity index (χ4n) is 4.89. The minimum atomic E-state index is -4.77. The Balaban J connectivity index is 1.84. The van der Waals surface area contributed by atoms with Gasteiger partial charge < -0.3 is 15.0 Å². The molecule has 0 bridgehead atoms. The molecule has 2 amide bonds. The highest BCUT2D eigenvalue weighted by molar-refractivity contribution is 7.92. The third-order valence-electron chi connectivity index (χ3n) is 7.35. The SMILES string of the molecule is CNC(=O)C(Cc1ccccc1)N(Cc1cccc(OC)c1)C(=O)CN(c1cccc(C(F)(F)F)c1)S(=O)(=O)c1ccc(C)cc1. The van der Waals surface area contributed by atoms with Crippen molar-refractivity contribution in [2.45, 2.75) is 37.0 Å². The van der Waals surface area contributed by atoms with Crippen molar-refractivity contribution >= 4 is 27.5 Å². The highest BCUT2D eigenvalue weighted by atomic mass is 32.2. The van der Waals surface area contributed by atoms with Crippen molar-refractivity contribution in [1.29, 1.82) is 0 Å². The number of halogens is 3. The van der Waals surface area contributed by atoms with Crippen LogP contribution in [-0.2, 0) is 38.8 Å². The van der Waals surface area contributed by atoms with Crippen LogP contribution in [0.1, 0.15) is 22.3 Å². The maximum atomic E-state index is 14.3. The Hall–Kier alpha value is -4.84. The number of methoxy groups -OCH3 is 1. The number of carbonyl (C=O) groups is 2. The van der Waals surface area contributed by atoms with Gasteiger partial charge in [0.15, 0.2) is 0 Å². The number of benzene rings is 4. The van der Waals surface area contributed by atoms with Crippen LogP contribution in [0.4, 0.5) is 18.9 Å². The van der Waals surface area contributed by atoms with E-state index in [0.29, 0.717) is 21.7 Å². The van der Waals surface area contributed by atoms with Crippen LogP contribution in [-0.4, -0.2) is 51.9 Å². The molecule has 0 spiro atoms. The van der Waals surface area contributed by atoms with E-state index in [4.69, 9.17) is 4.74 Å². The molecule has 0 fully saturated rings. The molecule has 1 atom stereocenters. The van der Waals surface area contributed by atoms with E-state index in [1.54, 1.807) is 73.7 Å². The third-order valence-corrected chi connectivity index (χ3v) is 9.14. The lowest BCUT2D eigenvalue weighted by molar-refractivity contribution is -0.139. The zero-order valence-corrected chi connectivity index (χ0v) is 26.3. The van der Waals surface area contributed by atoms with E-state index >= 15 is 0 Å². The smallest absolute Gasteiger partial charge is 0.416 e. The number of anilines is 1. The fourth-order valence-corrected chi connectivity index (χ4v) is 6.30. The van der Waals surface area contributed by atoms with Crippen LogP contribution in [0, 0.1) is 6.92 Å². The number of carbonyl (C=O) groups excluding carboxylic acids is 2. The van der Waals surface area contributed by atoms with Crippen LogP contribution in [0.2, 0.25) is 0 Å². The number of rotatable bonds is 12. The first-order chi connectivity index (χ1) is 21.8. The van der Waals surface area contributed by atoms with Gasteiger partial charge in [0, 0.05) is 20.0 Å². The fraction of sp³-hybridized carbons (Fsp3) is 0.235. The second-order valence-corrected chi connectivity index (χ2v) is 12.4. The Morgan fingerprint density at radius 2 is 1.52 bits per heavy atom. The summed E-state index contributed by atoms with van der Waals surface area (Å²) in [7, 11) is -1.66. The minimum Gasteiger partial charge on any atom is -0.497 e. The summed E-state index contributed by atoms with van der Waals surface area (Å²) in [5.41, 5.74) is 0.648. The molecule has 0 aliphatic carbocycles. The predicted molar refractivity (Wildman–Crippen MR) is 169 cm³/mol. The summed E-state index contributed by atoms with van der Waals surface area (Å²) in [6.45, 7) is 0.748. The second kappa shape index (κ2) is 14.5. The molecule has 46 heavy (non-hydrogen) atoms. The van der Waals surface area contributed by atoms with Crippen molar-refractivity contribution in [2.75, 3.05) is 25.0 Å². The van der Waals surface area contributed by atoms with Gasteiger partial charge in [0.05, 0.1) is 23.3 Å². The van der Waals surface area contributed by atoms with Gasteiger partial charge in [0.1, 0.15) is 18.3 Å². The third kappa shape index (κ3) is 8.25. The molecule has 0 radical (unpaired) electrons. The highest BCUT2D eigenvalue weighted by Crippen LogP contribution is 2.33. The highest BCUT2D eigenvalue weighted by Gasteiger charge is 2.36. The number of hydrogen-bond donors (Lipinski definition) is 1. The summed E-state index contributed by atoms with van der Waals surface area (Å²) >= 11 is 0. The summed E-state index contributed by atoms with van der Waals surface area (Å²) < 4.78 is 75.2. The van der Waals surface area contributed by atoms with Crippen molar-refractivity contribution in [3.63, 3.8) is 0 Å². The summed E-state index contributed by atoms with van der Waals surface area (Å²) in [6, 6.07) is 24.2. The number of hydrogen-bond acceptors (Lipinski definition) is 5. The van der Waals surface area contributed by atoms with Crippen molar-refractivity contribution in [3.8, 4) is 5.75 Å². The van der Waals surface area contributed by atoms with E-state index in [1.165, 1.54) is 37.3 Å².